The normalized spacial score (nSPS) is 19.3. The largest absolute Gasteiger partial charge is 0.343 e. The molecule has 4 aromatic rings. The number of carbonyl (C=O) groups is 3. The molecule has 2 aromatic carbocycles. The van der Waals surface area contributed by atoms with Crippen LogP contribution in [0.2, 0.25) is 0 Å². The summed E-state index contributed by atoms with van der Waals surface area (Å²) in [4.78, 5) is 50.8. The molecule has 1 atom stereocenters. The molecule has 0 bridgehead atoms. The summed E-state index contributed by atoms with van der Waals surface area (Å²) in [6.07, 6.45) is 5.11. The molecule has 0 saturated heterocycles. The second-order valence-corrected chi connectivity index (χ2v) is 10.5. The van der Waals surface area contributed by atoms with E-state index in [1.165, 1.54) is 0 Å². The highest BCUT2D eigenvalue weighted by atomic mass is 16.2. The molecular formula is C29H26N6O3. The van der Waals surface area contributed by atoms with E-state index in [1.807, 2.05) is 43.3 Å². The van der Waals surface area contributed by atoms with Crippen molar-refractivity contribution in [3.8, 4) is 0 Å². The molecule has 3 aliphatic rings. The van der Waals surface area contributed by atoms with Gasteiger partial charge in [0.05, 0.1) is 23.0 Å². The number of aromatic amines is 1. The maximum Gasteiger partial charge on any atom is 0.252 e. The quantitative estimate of drug-likeness (QED) is 0.329. The Hall–Kier alpha value is -4.53. The Morgan fingerprint density at radius 1 is 1.11 bits per heavy atom. The lowest BCUT2D eigenvalue weighted by molar-refractivity contribution is -0.120. The number of nitrogens with one attached hydrogen (secondary N) is 4. The topological polar surface area (TPSA) is 129 Å². The van der Waals surface area contributed by atoms with Crippen LogP contribution in [0.15, 0.2) is 48.7 Å². The number of carbonyl (C=O) groups excluding carboxylic acids is 3. The van der Waals surface area contributed by atoms with Gasteiger partial charge in [0, 0.05) is 28.9 Å². The zero-order valence-corrected chi connectivity index (χ0v) is 20.9. The molecule has 38 heavy (non-hydrogen) atoms. The summed E-state index contributed by atoms with van der Waals surface area (Å²) < 4.78 is 0. The van der Waals surface area contributed by atoms with Gasteiger partial charge in [-0.3, -0.25) is 14.4 Å². The number of rotatable bonds is 5. The Kier molecular flexibility index (Phi) is 4.91. The van der Waals surface area contributed by atoms with Crippen molar-refractivity contribution in [3.05, 3.63) is 82.3 Å². The van der Waals surface area contributed by atoms with E-state index < -0.39 is 5.41 Å². The summed E-state index contributed by atoms with van der Waals surface area (Å²) >= 11 is 0. The number of fused-ring (bicyclic) bond motifs is 4. The predicted molar refractivity (Wildman–Crippen MR) is 142 cm³/mol. The molecule has 3 amide bonds. The van der Waals surface area contributed by atoms with Gasteiger partial charge in [0.15, 0.2) is 0 Å². The zero-order valence-electron chi connectivity index (χ0n) is 20.9. The van der Waals surface area contributed by atoms with Crippen molar-refractivity contribution in [1.29, 1.82) is 0 Å². The smallest absolute Gasteiger partial charge is 0.252 e. The van der Waals surface area contributed by atoms with Gasteiger partial charge in [0.25, 0.3) is 5.91 Å². The van der Waals surface area contributed by atoms with Crippen LogP contribution in [0.5, 0.6) is 0 Å². The zero-order chi connectivity index (χ0) is 26.0. The van der Waals surface area contributed by atoms with Gasteiger partial charge < -0.3 is 20.9 Å². The molecule has 9 heteroatoms. The van der Waals surface area contributed by atoms with Crippen molar-refractivity contribution >= 4 is 40.3 Å². The first kappa shape index (κ1) is 22.7. The van der Waals surface area contributed by atoms with Crippen molar-refractivity contribution in [1.82, 2.24) is 20.3 Å². The van der Waals surface area contributed by atoms with E-state index in [2.05, 4.69) is 25.9 Å². The molecule has 1 fully saturated rings. The molecule has 1 aliphatic heterocycles. The minimum atomic E-state index is -0.657. The van der Waals surface area contributed by atoms with E-state index in [1.54, 1.807) is 12.3 Å². The summed E-state index contributed by atoms with van der Waals surface area (Å²) in [5.41, 5.74) is 6.02. The highest BCUT2D eigenvalue weighted by Crippen LogP contribution is 2.47. The van der Waals surface area contributed by atoms with Crippen LogP contribution in [0.3, 0.4) is 0 Å². The van der Waals surface area contributed by atoms with Crippen molar-refractivity contribution in [2.24, 2.45) is 0 Å². The SMILES string of the molecule is Cc1c(C(=O)NCC(=O)Nc2ccc3c(c2)CC2(C3)C(=O)Nc3ncccc32)ccc2[nH]c(C3CC3)nc12. The van der Waals surface area contributed by atoms with Crippen LogP contribution in [0.1, 0.15) is 57.2 Å². The summed E-state index contributed by atoms with van der Waals surface area (Å²) in [6.45, 7) is 1.72. The number of hydrogen-bond donors (Lipinski definition) is 4. The molecule has 9 nitrogen and oxygen atoms in total. The number of anilines is 2. The number of H-pyrrole nitrogens is 1. The van der Waals surface area contributed by atoms with Crippen molar-refractivity contribution in [2.45, 2.75) is 43.9 Å². The molecule has 3 heterocycles. The number of aromatic nitrogens is 3. The van der Waals surface area contributed by atoms with Gasteiger partial charge in [0.2, 0.25) is 11.8 Å². The van der Waals surface area contributed by atoms with Crippen molar-refractivity contribution in [2.75, 3.05) is 17.2 Å². The Morgan fingerprint density at radius 3 is 2.79 bits per heavy atom. The Morgan fingerprint density at radius 2 is 1.95 bits per heavy atom. The monoisotopic (exact) mass is 506 g/mol. The fourth-order valence-electron chi connectivity index (χ4n) is 5.83. The lowest BCUT2D eigenvalue weighted by atomic mass is 9.79. The molecule has 1 saturated carbocycles. The third-order valence-electron chi connectivity index (χ3n) is 8.01. The Bertz CT molecular complexity index is 1670. The first-order valence-corrected chi connectivity index (χ1v) is 12.9. The molecular weight excluding hydrogens is 480 g/mol. The van der Waals surface area contributed by atoms with Gasteiger partial charge in [-0.1, -0.05) is 12.1 Å². The fourth-order valence-corrected chi connectivity index (χ4v) is 5.83. The number of aryl methyl sites for hydroxylation is 1. The number of amides is 3. The van der Waals surface area contributed by atoms with Crippen LogP contribution in [-0.4, -0.2) is 39.2 Å². The minimum Gasteiger partial charge on any atom is -0.343 e. The minimum absolute atomic E-state index is 0.0391. The molecule has 1 spiro atoms. The second kappa shape index (κ2) is 8.24. The maximum absolute atomic E-state index is 12.9. The maximum atomic E-state index is 12.9. The average Bonchev–Trinajstić information content (AvgIpc) is 3.45. The van der Waals surface area contributed by atoms with Gasteiger partial charge in [-0.05, 0) is 79.6 Å². The molecule has 4 N–H and O–H groups in total. The van der Waals surface area contributed by atoms with Gasteiger partial charge >= 0.3 is 0 Å². The van der Waals surface area contributed by atoms with Crippen LogP contribution in [0.25, 0.3) is 11.0 Å². The number of benzene rings is 2. The Labute approximate surface area is 218 Å². The molecule has 190 valence electrons. The highest BCUT2D eigenvalue weighted by Gasteiger charge is 2.51. The summed E-state index contributed by atoms with van der Waals surface area (Å²) in [7, 11) is 0. The van der Waals surface area contributed by atoms with Gasteiger partial charge in [0.1, 0.15) is 11.6 Å². The highest BCUT2D eigenvalue weighted by molar-refractivity contribution is 6.06. The first-order valence-electron chi connectivity index (χ1n) is 12.9. The van der Waals surface area contributed by atoms with E-state index in [9.17, 15) is 14.4 Å². The standard InChI is InChI=1S/C29H26N6O3/c1-15-20(8-9-22-24(15)34-25(33-22)16-4-5-16)27(37)31-14-23(36)32-19-7-6-17-12-29(13-18(17)11-19)21-3-2-10-30-26(21)35-28(29)38/h2-3,6-11,16H,4-5,12-14H2,1H3,(H,31,37)(H,32,36)(H,33,34)(H,30,35,38). The van der Waals surface area contributed by atoms with Crippen molar-refractivity contribution in [3.63, 3.8) is 0 Å². The summed E-state index contributed by atoms with van der Waals surface area (Å²) in [6, 6.07) is 13.1. The molecule has 2 aromatic heterocycles. The number of pyridine rings is 1. The van der Waals surface area contributed by atoms with Crippen LogP contribution in [-0.2, 0) is 27.8 Å². The summed E-state index contributed by atoms with van der Waals surface area (Å²) in [5.74, 6) is 1.42. The number of hydrogen-bond acceptors (Lipinski definition) is 5. The van der Waals surface area contributed by atoms with Gasteiger partial charge in [-0.15, -0.1) is 0 Å². The van der Waals surface area contributed by atoms with Crippen molar-refractivity contribution < 1.29 is 14.4 Å². The Balaban J connectivity index is 1.02. The van der Waals surface area contributed by atoms with Gasteiger partial charge in [-0.25, -0.2) is 9.97 Å². The first-order chi connectivity index (χ1) is 18.4. The molecule has 0 radical (unpaired) electrons. The molecule has 2 aliphatic carbocycles. The third kappa shape index (κ3) is 3.57. The predicted octanol–water partition coefficient (Wildman–Crippen LogP) is 3.50. The van der Waals surface area contributed by atoms with Crippen LogP contribution < -0.4 is 16.0 Å². The van der Waals surface area contributed by atoms with E-state index in [0.29, 0.717) is 35.8 Å². The molecule has 1 unspecified atom stereocenters. The van der Waals surface area contributed by atoms with Crippen LogP contribution >= 0.6 is 0 Å². The van der Waals surface area contributed by atoms with E-state index >= 15 is 0 Å². The van der Waals surface area contributed by atoms with Crippen LogP contribution in [0.4, 0.5) is 11.5 Å². The second-order valence-electron chi connectivity index (χ2n) is 10.5. The fraction of sp³-hybridized carbons (Fsp3) is 0.276. The summed E-state index contributed by atoms with van der Waals surface area (Å²) in [5, 5.41) is 8.51. The lowest BCUT2D eigenvalue weighted by Gasteiger charge is -2.20. The third-order valence-corrected chi connectivity index (χ3v) is 8.01. The van der Waals surface area contributed by atoms with E-state index in [0.717, 1.165) is 52.0 Å². The van der Waals surface area contributed by atoms with E-state index in [4.69, 9.17) is 4.98 Å². The average molecular weight is 507 g/mol. The van der Waals surface area contributed by atoms with Gasteiger partial charge in [-0.2, -0.15) is 0 Å². The van der Waals surface area contributed by atoms with E-state index in [-0.39, 0.29) is 24.3 Å². The number of nitrogens with zero attached hydrogens (tertiary/aromatic N) is 2. The lowest BCUT2D eigenvalue weighted by Crippen LogP contribution is -2.35. The number of imidazole rings is 1. The van der Waals surface area contributed by atoms with Crippen LogP contribution in [0, 0.1) is 6.92 Å². The molecule has 7 rings (SSSR count).